The number of carbonyl (C=O) groups is 6. The van der Waals surface area contributed by atoms with E-state index in [4.69, 9.17) is 18.9 Å². The predicted octanol–water partition coefficient (Wildman–Crippen LogP) is 6.54. The largest absolute Gasteiger partial charge is 0.466 e. The molecule has 0 spiro atoms. The Bertz CT molecular complexity index is 1510. The molecule has 0 fully saturated rings. The summed E-state index contributed by atoms with van der Waals surface area (Å²) in [7, 11) is -1.45. The molecule has 0 radical (unpaired) electrons. The zero-order chi connectivity index (χ0) is 42.0. The molecule has 1 rings (SSSR count). The van der Waals surface area contributed by atoms with E-state index in [2.05, 4.69) is 40.6 Å². The molecule has 3 N–H and O–H groups in total. The van der Waals surface area contributed by atoms with E-state index in [9.17, 15) is 28.8 Å². The van der Waals surface area contributed by atoms with Gasteiger partial charge in [0.25, 0.3) is 11.8 Å². The van der Waals surface area contributed by atoms with Crippen molar-refractivity contribution in [1.82, 2.24) is 20.9 Å². The second-order valence-electron chi connectivity index (χ2n) is 16.2. The van der Waals surface area contributed by atoms with Crippen LogP contribution in [0, 0.1) is 5.92 Å². The molecule has 0 aliphatic carbocycles. The van der Waals surface area contributed by atoms with Crippen LogP contribution in [0.3, 0.4) is 0 Å². The van der Waals surface area contributed by atoms with Crippen LogP contribution in [0.1, 0.15) is 97.1 Å². The number of thiazole rings is 1. The molecule has 2 atom stereocenters. The average Bonchev–Trinajstić information content (AvgIpc) is 3.52. The van der Waals surface area contributed by atoms with Crippen LogP contribution >= 0.6 is 23.1 Å². The molecule has 0 saturated heterocycles. The van der Waals surface area contributed by atoms with Gasteiger partial charge in [0.15, 0.2) is 5.12 Å². The van der Waals surface area contributed by atoms with Crippen LogP contribution in [-0.2, 0) is 44.7 Å². The van der Waals surface area contributed by atoms with Gasteiger partial charge in [-0.15, -0.1) is 11.3 Å². The lowest BCUT2D eigenvalue weighted by atomic mass is 10.0. The van der Waals surface area contributed by atoms with E-state index in [1.807, 2.05) is 20.8 Å². The predicted molar refractivity (Wildman–Crippen MR) is 218 cm³/mol. The van der Waals surface area contributed by atoms with E-state index in [0.29, 0.717) is 23.8 Å². The first-order valence-corrected chi connectivity index (χ1v) is 24.0. The van der Waals surface area contributed by atoms with Gasteiger partial charge in [-0.2, -0.15) is 0 Å². The van der Waals surface area contributed by atoms with Gasteiger partial charge in [-0.3, -0.25) is 19.2 Å². The normalized spacial score (nSPS) is 13.6. The van der Waals surface area contributed by atoms with Crippen LogP contribution in [0.4, 0.5) is 4.79 Å². The van der Waals surface area contributed by atoms with Crippen molar-refractivity contribution in [3.05, 3.63) is 40.0 Å². The number of carbonyl (C=O) groups excluding carboxylic acids is 6. The van der Waals surface area contributed by atoms with Crippen molar-refractivity contribution in [3.8, 4) is 0 Å². The summed E-state index contributed by atoms with van der Waals surface area (Å²) >= 11 is 2.32. The first kappa shape index (κ1) is 49.5. The third-order valence-electron chi connectivity index (χ3n) is 7.05. The van der Waals surface area contributed by atoms with Gasteiger partial charge < -0.3 is 34.9 Å². The maximum Gasteiger partial charge on any atom is 0.408 e. The number of rotatable bonds is 21. The topological polar surface area (TPSA) is 188 Å². The van der Waals surface area contributed by atoms with Crippen molar-refractivity contribution in [3.63, 3.8) is 0 Å². The molecule has 3 amide bonds. The molecule has 0 unspecified atom stereocenters. The molecule has 0 aliphatic rings. The number of alkyl carbamates (subject to hydrolysis) is 1. The van der Waals surface area contributed by atoms with Crippen molar-refractivity contribution in [2.75, 3.05) is 19.0 Å². The molecular formula is C38H62N4O10S2Si. The third kappa shape index (κ3) is 23.2. The van der Waals surface area contributed by atoms with E-state index in [1.54, 1.807) is 53.7 Å². The van der Waals surface area contributed by atoms with Crippen LogP contribution in [0.25, 0.3) is 0 Å². The van der Waals surface area contributed by atoms with Crippen LogP contribution in [0.15, 0.2) is 29.3 Å². The Hall–Kier alpha value is -3.54. The van der Waals surface area contributed by atoms with E-state index < -0.39 is 61.6 Å². The van der Waals surface area contributed by atoms with E-state index in [-0.39, 0.29) is 48.1 Å². The minimum absolute atomic E-state index is 0.00253. The molecule has 0 aromatic carbocycles. The molecule has 0 bridgehead atoms. The van der Waals surface area contributed by atoms with Crippen molar-refractivity contribution >= 4 is 66.1 Å². The number of aromatic nitrogens is 1. The SMILES string of the molecule is C/C=C(\NC(=O)c1csc(CNC(=O)OC(C)(C)C)n1)C(=O)N[C@H](C(=O)O[C@H](/C=C/CCSC(=O)CCOC(C)(C)C)CC(=O)OCC[Si](C)(C)C)C(C)C. The van der Waals surface area contributed by atoms with Gasteiger partial charge in [-0.05, 0) is 72.9 Å². The number of thioether (sulfide) groups is 1. The molecule has 310 valence electrons. The average molecular weight is 827 g/mol. The monoisotopic (exact) mass is 826 g/mol. The lowest BCUT2D eigenvalue weighted by Gasteiger charge is -2.24. The molecule has 1 aromatic heterocycles. The van der Waals surface area contributed by atoms with Gasteiger partial charge in [0.1, 0.15) is 34.1 Å². The molecule has 0 saturated carbocycles. The number of ether oxygens (including phenoxy) is 4. The van der Waals surface area contributed by atoms with Gasteiger partial charge in [0.05, 0.1) is 31.8 Å². The highest BCUT2D eigenvalue weighted by Gasteiger charge is 2.30. The summed E-state index contributed by atoms with van der Waals surface area (Å²) in [5.74, 6) is -2.65. The highest BCUT2D eigenvalue weighted by atomic mass is 32.2. The molecule has 17 heteroatoms. The van der Waals surface area contributed by atoms with E-state index >= 15 is 0 Å². The Labute approximate surface area is 335 Å². The molecule has 14 nitrogen and oxygen atoms in total. The number of hydrogen-bond acceptors (Lipinski definition) is 13. The summed E-state index contributed by atoms with van der Waals surface area (Å²) < 4.78 is 22.0. The zero-order valence-electron chi connectivity index (χ0n) is 34.5. The van der Waals surface area contributed by atoms with Crippen LogP contribution in [0.5, 0.6) is 0 Å². The summed E-state index contributed by atoms with van der Waals surface area (Å²) in [5.41, 5.74) is -1.08. The van der Waals surface area contributed by atoms with E-state index in [0.717, 1.165) is 17.4 Å². The van der Waals surface area contributed by atoms with Gasteiger partial charge >= 0.3 is 18.0 Å². The Morgan fingerprint density at radius 1 is 1.00 bits per heavy atom. The summed E-state index contributed by atoms with van der Waals surface area (Å²) in [4.78, 5) is 81.1. The number of esters is 2. The summed E-state index contributed by atoms with van der Waals surface area (Å²) in [5, 5.41) is 9.69. The third-order valence-corrected chi connectivity index (χ3v) is 10.6. The first-order valence-electron chi connectivity index (χ1n) is 18.4. The number of hydrogen-bond donors (Lipinski definition) is 3. The lowest BCUT2D eigenvalue weighted by molar-refractivity contribution is -0.156. The van der Waals surface area contributed by atoms with Crippen LogP contribution < -0.4 is 16.0 Å². The van der Waals surface area contributed by atoms with Crippen molar-refractivity contribution < 1.29 is 47.7 Å². The molecule has 55 heavy (non-hydrogen) atoms. The summed E-state index contributed by atoms with van der Waals surface area (Å²) in [6.45, 7) is 23.1. The quantitative estimate of drug-likeness (QED) is 0.0304. The zero-order valence-corrected chi connectivity index (χ0v) is 37.2. The van der Waals surface area contributed by atoms with Crippen molar-refractivity contribution in [1.29, 1.82) is 0 Å². The Morgan fingerprint density at radius 3 is 2.25 bits per heavy atom. The first-order chi connectivity index (χ1) is 25.4. The minimum atomic E-state index is -1.45. The lowest BCUT2D eigenvalue weighted by Crippen LogP contribution is -2.48. The van der Waals surface area contributed by atoms with Gasteiger partial charge in [-0.1, -0.05) is 57.4 Å². The van der Waals surface area contributed by atoms with Crippen LogP contribution in [-0.4, -0.2) is 90.3 Å². The van der Waals surface area contributed by atoms with Crippen molar-refractivity contribution in [2.45, 2.75) is 137 Å². The fourth-order valence-corrected chi connectivity index (χ4v) is 6.33. The van der Waals surface area contributed by atoms with Gasteiger partial charge in [-0.25, -0.2) is 14.6 Å². The molecule has 1 aromatic rings. The molecule has 1 heterocycles. The van der Waals surface area contributed by atoms with E-state index in [1.165, 1.54) is 23.2 Å². The minimum Gasteiger partial charge on any atom is -0.466 e. The highest BCUT2D eigenvalue weighted by Crippen LogP contribution is 2.16. The Kier molecular flexibility index (Phi) is 21.1. The fraction of sp³-hybridized carbons (Fsp3) is 0.658. The summed E-state index contributed by atoms with van der Waals surface area (Å²) in [6, 6.07) is -0.350. The van der Waals surface area contributed by atoms with Gasteiger partial charge in [0.2, 0.25) is 0 Å². The molecule has 0 aliphatic heterocycles. The Balaban J connectivity index is 2.93. The maximum atomic E-state index is 13.5. The summed E-state index contributed by atoms with van der Waals surface area (Å²) in [6.07, 6.45) is 3.63. The van der Waals surface area contributed by atoms with Gasteiger partial charge in [0, 0.05) is 25.6 Å². The smallest absolute Gasteiger partial charge is 0.408 e. The second kappa shape index (κ2) is 23.5. The molecular weight excluding hydrogens is 765 g/mol. The second-order valence-corrected chi connectivity index (χ2v) is 23.9. The van der Waals surface area contributed by atoms with Crippen LogP contribution in [0.2, 0.25) is 25.7 Å². The number of amides is 3. The fourth-order valence-electron chi connectivity index (χ4n) is 4.19. The number of allylic oxidation sites excluding steroid dienone is 2. The number of nitrogens with zero attached hydrogens (tertiary/aromatic N) is 1. The highest BCUT2D eigenvalue weighted by molar-refractivity contribution is 8.13. The maximum absolute atomic E-state index is 13.5. The van der Waals surface area contributed by atoms with Crippen molar-refractivity contribution in [2.24, 2.45) is 5.92 Å². The number of nitrogens with one attached hydrogen (secondary N) is 3. The Morgan fingerprint density at radius 2 is 1.67 bits per heavy atom. The standard InChI is InChI=1S/C38H62N4O10S2Si/c1-13-27(41-34(46)28-24-54-29(40-28)23-39-36(48)52-38(7,8)9)33(45)42-32(25(2)3)35(47)51-26(22-30(43)49-19-21-55(10,11)12)16-14-15-20-53-31(44)17-18-50-37(4,5)6/h13-14,16,24-26,32H,15,17-23H2,1-12H3,(H,39,48)(H,41,46)(H,42,45)/b16-14+,27-13-/t26-,32+/m1/s1.